The van der Waals surface area contributed by atoms with Gasteiger partial charge in [-0.1, -0.05) is 6.92 Å². The van der Waals surface area contributed by atoms with Gasteiger partial charge in [-0.15, -0.1) is 0 Å². The Morgan fingerprint density at radius 1 is 1.38 bits per heavy atom. The van der Waals surface area contributed by atoms with Gasteiger partial charge >= 0.3 is 0 Å². The van der Waals surface area contributed by atoms with Crippen LogP contribution in [0, 0.1) is 0 Å². The van der Waals surface area contributed by atoms with Crippen molar-refractivity contribution in [1.82, 2.24) is 4.31 Å². The van der Waals surface area contributed by atoms with Gasteiger partial charge in [-0.3, -0.25) is 4.79 Å². The van der Waals surface area contributed by atoms with Crippen LogP contribution in [0.5, 0.6) is 5.75 Å². The molecular weight excluding hydrogens is 352 g/mol. The van der Waals surface area contributed by atoms with E-state index in [1.54, 1.807) is 0 Å². The lowest BCUT2D eigenvalue weighted by atomic mass is 10.3. The number of rotatable bonds is 7. The molecule has 7 nitrogen and oxygen atoms in total. The van der Waals surface area contributed by atoms with Gasteiger partial charge in [0.05, 0.1) is 29.5 Å². The highest BCUT2D eigenvalue weighted by Gasteiger charge is 2.27. The number of phenolic OH excluding ortho intramolecular Hbond substituents is 1. The lowest BCUT2D eigenvalue weighted by Crippen LogP contribution is -2.40. The third-order valence-electron chi connectivity index (χ3n) is 3.43. The molecule has 9 heteroatoms. The molecule has 1 saturated heterocycles. The molecule has 0 radical (unpaired) electrons. The van der Waals surface area contributed by atoms with Crippen LogP contribution in [-0.4, -0.2) is 61.5 Å². The number of ether oxygens (including phenoxy) is 1. The number of aromatic hydroxyl groups is 1. The molecule has 2 rings (SSSR count). The second-order valence-corrected chi connectivity index (χ2v) is 8.34. The van der Waals surface area contributed by atoms with Crippen LogP contribution in [0.15, 0.2) is 23.1 Å². The van der Waals surface area contributed by atoms with E-state index >= 15 is 0 Å². The van der Waals surface area contributed by atoms with Crippen molar-refractivity contribution in [2.45, 2.75) is 18.2 Å². The molecular formula is C15H22N2O5S2. The van der Waals surface area contributed by atoms with Crippen molar-refractivity contribution < 1.29 is 23.1 Å². The number of morpholine rings is 1. The molecule has 1 fully saturated rings. The summed E-state index contributed by atoms with van der Waals surface area (Å²) in [6.07, 6.45) is 0.969. The topological polar surface area (TPSA) is 95.9 Å². The number of carbonyl (C=O) groups is 1. The Balaban J connectivity index is 2.14. The van der Waals surface area contributed by atoms with Crippen molar-refractivity contribution in [2.24, 2.45) is 0 Å². The first-order chi connectivity index (χ1) is 11.4. The van der Waals surface area contributed by atoms with E-state index in [0.29, 0.717) is 26.3 Å². The van der Waals surface area contributed by atoms with Gasteiger partial charge in [-0.25, -0.2) is 8.42 Å². The Hall–Kier alpha value is -1.29. The number of phenols is 1. The quantitative estimate of drug-likeness (QED) is 0.555. The van der Waals surface area contributed by atoms with Crippen molar-refractivity contribution in [2.75, 3.05) is 43.1 Å². The fourth-order valence-electron chi connectivity index (χ4n) is 2.21. The number of amides is 1. The van der Waals surface area contributed by atoms with Gasteiger partial charge in [-0.2, -0.15) is 16.1 Å². The number of nitrogens with zero attached hydrogens (tertiary/aromatic N) is 1. The van der Waals surface area contributed by atoms with Crippen LogP contribution in [0.3, 0.4) is 0 Å². The van der Waals surface area contributed by atoms with E-state index in [2.05, 4.69) is 5.32 Å². The average Bonchev–Trinajstić information content (AvgIpc) is 2.58. The molecule has 0 aliphatic carbocycles. The molecule has 1 aliphatic heterocycles. The number of carbonyl (C=O) groups excluding carboxylic acids is 1. The third kappa shape index (κ3) is 4.85. The molecule has 1 aromatic rings. The van der Waals surface area contributed by atoms with Crippen LogP contribution in [-0.2, 0) is 19.6 Å². The van der Waals surface area contributed by atoms with E-state index in [0.717, 1.165) is 12.2 Å². The summed E-state index contributed by atoms with van der Waals surface area (Å²) in [6.45, 7) is 3.32. The zero-order valence-corrected chi connectivity index (χ0v) is 15.2. The fraction of sp³-hybridized carbons (Fsp3) is 0.533. The van der Waals surface area contributed by atoms with E-state index in [-0.39, 0.29) is 28.0 Å². The first-order valence-corrected chi connectivity index (χ1v) is 10.3. The monoisotopic (exact) mass is 374 g/mol. The third-order valence-corrected chi connectivity index (χ3v) is 6.49. The van der Waals surface area contributed by atoms with Crippen LogP contribution in [0.1, 0.15) is 13.3 Å². The number of sulfonamides is 1. The van der Waals surface area contributed by atoms with Gasteiger partial charge in [0.15, 0.2) is 0 Å². The molecule has 0 bridgehead atoms. The minimum Gasteiger partial charge on any atom is -0.506 e. The largest absolute Gasteiger partial charge is 0.506 e. The van der Waals surface area contributed by atoms with Crippen LogP contribution in [0.2, 0.25) is 0 Å². The van der Waals surface area contributed by atoms with Gasteiger partial charge in [0.25, 0.3) is 0 Å². The molecule has 134 valence electrons. The number of benzene rings is 1. The number of thioether (sulfide) groups is 1. The van der Waals surface area contributed by atoms with E-state index in [4.69, 9.17) is 4.74 Å². The maximum atomic E-state index is 12.6. The molecule has 1 aromatic carbocycles. The Morgan fingerprint density at radius 3 is 2.75 bits per heavy atom. The summed E-state index contributed by atoms with van der Waals surface area (Å²) in [5.74, 6) is 0.688. The lowest BCUT2D eigenvalue weighted by molar-refractivity contribution is -0.113. The molecule has 24 heavy (non-hydrogen) atoms. The van der Waals surface area contributed by atoms with Crippen molar-refractivity contribution in [1.29, 1.82) is 0 Å². The van der Waals surface area contributed by atoms with Crippen molar-refractivity contribution in [3.8, 4) is 5.75 Å². The van der Waals surface area contributed by atoms with Gasteiger partial charge in [0, 0.05) is 13.1 Å². The standard InChI is InChI=1S/C15H22N2O5S2/c1-2-9-23-11-15(19)16-13-10-12(3-4-14(13)18)24(20,21)17-5-7-22-8-6-17/h3-4,10,18H,2,5-9,11H2,1H3,(H,16,19). The maximum absolute atomic E-state index is 12.6. The maximum Gasteiger partial charge on any atom is 0.243 e. The molecule has 0 atom stereocenters. The Bertz CT molecular complexity index is 672. The predicted molar refractivity (Wildman–Crippen MR) is 93.9 cm³/mol. The Labute approximate surface area is 146 Å². The van der Waals surface area contributed by atoms with E-state index < -0.39 is 10.0 Å². The highest BCUT2D eigenvalue weighted by Crippen LogP contribution is 2.28. The molecule has 0 unspecified atom stereocenters. The Kier molecular flexibility index (Phi) is 6.90. The van der Waals surface area contributed by atoms with Crippen molar-refractivity contribution in [3.05, 3.63) is 18.2 Å². The highest BCUT2D eigenvalue weighted by atomic mass is 32.2. The smallest absolute Gasteiger partial charge is 0.243 e. The number of hydrogen-bond acceptors (Lipinski definition) is 6. The summed E-state index contributed by atoms with van der Waals surface area (Å²) >= 11 is 1.48. The summed E-state index contributed by atoms with van der Waals surface area (Å²) in [7, 11) is -3.67. The molecule has 1 aliphatic rings. The first kappa shape index (κ1) is 19.0. The second kappa shape index (κ2) is 8.70. The van der Waals surface area contributed by atoms with Crippen molar-refractivity contribution in [3.63, 3.8) is 0 Å². The van der Waals surface area contributed by atoms with Crippen molar-refractivity contribution >= 4 is 33.4 Å². The summed E-state index contributed by atoms with van der Waals surface area (Å²) in [6, 6.07) is 3.91. The summed E-state index contributed by atoms with van der Waals surface area (Å²) in [5.41, 5.74) is 0.103. The molecule has 0 spiro atoms. The molecule has 1 amide bonds. The van der Waals surface area contributed by atoms with Crippen LogP contribution in [0.4, 0.5) is 5.69 Å². The van der Waals surface area contributed by atoms with Gasteiger partial charge < -0.3 is 15.2 Å². The lowest BCUT2D eigenvalue weighted by Gasteiger charge is -2.26. The number of nitrogens with one attached hydrogen (secondary N) is 1. The number of anilines is 1. The summed E-state index contributed by atoms with van der Waals surface area (Å²) in [5, 5.41) is 12.4. The van der Waals surface area contributed by atoms with Crippen LogP contribution in [0.25, 0.3) is 0 Å². The second-order valence-electron chi connectivity index (χ2n) is 5.30. The minimum absolute atomic E-state index is 0.0405. The molecule has 0 saturated carbocycles. The zero-order valence-electron chi connectivity index (χ0n) is 13.5. The molecule has 0 aromatic heterocycles. The minimum atomic E-state index is -3.67. The highest BCUT2D eigenvalue weighted by molar-refractivity contribution is 7.99. The number of hydrogen-bond donors (Lipinski definition) is 2. The van der Waals surface area contributed by atoms with E-state index in [1.807, 2.05) is 6.92 Å². The van der Waals surface area contributed by atoms with Gasteiger partial charge in [-0.05, 0) is 30.4 Å². The fourth-order valence-corrected chi connectivity index (χ4v) is 4.33. The van der Waals surface area contributed by atoms with Gasteiger partial charge in [0.1, 0.15) is 5.75 Å². The van der Waals surface area contributed by atoms with Crippen LogP contribution >= 0.6 is 11.8 Å². The molecule has 1 heterocycles. The van der Waals surface area contributed by atoms with E-state index in [1.165, 1.54) is 34.3 Å². The average molecular weight is 374 g/mol. The normalized spacial score (nSPS) is 16.0. The summed E-state index contributed by atoms with van der Waals surface area (Å²) in [4.78, 5) is 11.9. The molecule has 2 N–H and O–H groups in total. The summed E-state index contributed by atoms with van der Waals surface area (Å²) < 4.78 is 31.7. The first-order valence-electron chi connectivity index (χ1n) is 7.73. The predicted octanol–water partition coefficient (Wildman–Crippen LogP) is 1.49. The van der Waals surface area contributed by atoms with Crippen LogP contribution < -0.4 is 5.32 Å². The Morgan fingerprint density at radius 2 is 2.08 bits per heavy atom. The van der Waals surface area contributed by atoms with Gasteiger partial charge in [0.2, 0.25) is 15.9 Å². The van der Waals surface area contributed by atoms with E-state index in [9.17, 15) is 18.3 Å². The zero-order chi connectivity index (χ0) is 17.6. The SMILES string of the molecule is CCCSCC(=O)Nc1cc(S(=O)(=O)N2CCOCC2)ccc1O.